The van der Waals surface area contributed by atoms with Crippen LogP contribution >= 0.6 is 11.3 Å². The standard InChI is InChI=1S/C18H22N6O2S/c1-18(2,25)13-8-12-15(24-4-6-26-7-5-24)22-14(23-16(12)27-13)11-9-20-17(19-3)21-10-11/h8-10,25H,4-7H2,1-3H3,(H,19,20,21). The van der Waals surface area contributed by atoms with E-state index in [0.29, 0.717) is 25.0 Å². The van der Waals surface area contributed by atoms with Gasteiger partial charge in [-0.3, -0.25) is 0 Å². The van der Waals surface area contributed by atoms with Crippen molar-refractivity contribution >= 4 is 33.3 Å². The lowest BCUT2D eigenvalue weighted by molar-refractivity contribution is 0.0826. The van der Waals surface area contributed by atoms with E-state index in [1.54, 1.807) is 33.3 Å². The SMILES string of the molecule is CNc1ncc(-c2nc(N3CCOCC3)c3cc(C(C)(C)O)sc3n2)cn1. The normalized spacial score (nSPS) is 15.3. The summed E-state index contributed by atoms with van der Waals surface area (Å²) in [6.07, 6.45) is 3.43. The number of aromatic nitrogens is 4. The zero-order chi connectivity index (χ0) is 19.0. The summed E-state index contributed by atoms with van der Waals surface area (Å²) in [5.74, 6) is 1.99. The van der Waals surface area contributed by atoms with Gasteiger partial charge in [0.25, 0.3) is 0 Å². The van der Waals surface area contributed by atoms with Crippen LogP contribution in [0.5, 0.6) is 0 Å². The van der Waals surface area contributed by atoms with Gasteiger partial charge in [0.15, 0.2) is 5.82 Å². The first-order chi connectivity index (χ1) is 13.0. The van der Waals surface area contributed by atoms with E-state index in [0.717, 1.165) is 39.6 Å². The van der Waals surface area contributed by atoms with Gasteiger partial charge in [0.2, 0.25) is 5.95 Å². The molecule has 0 spiro atoms. The average molecular weight is 386 g/mol. The molecule has 0 amide bonds. The zero-order valence-corrected chi connectivity index (χ0v) is 16.4. The van der Waals surface area contributed by atoms with E-state index < -0.39 is 5.60 Å². The van der Waals surface area contributed by atoms with Crippen LogP contribution in [0.2, 0.25) is 0 Å². The highest BCUT2D eigenvalue weighted by molar-refractivity contribution is 7.18. The average Bonchev–Trinajstić information content (AvgIpc) is 3.13. The monoisotopic (exact) mass is 386 g/mol. The second-order valence-electron chi connectivity index (χ2n) is 6.90. The van der Waals surface area contributed by atoms with Crippen LogP contribution in [0.4, 0.5) is 11.8 Å². The van der Waals surface area contributed by atoms with Crippen molar-refractivity contribution in [2.24, 2.45) is 0 Å². The first-order valence-electron chi connectivity index (χ1n) is 8.83. The van der Waals surface area contributed by atoms with E-state index in [-0.39, 0.29) is 0 Å². The summed E-state index contributed by atoms with van der Waals surface area (Å²) in [7, 11) is 1.78. The fourth-order valence-corrected chi connectivity index (χ4v) is 3.95. The Bertz CT molecular complexity index is 945. The third kappa shape index (κ3) is 3.58. The van der Waals surface area contributed by atoms with Crippen molar-refractivity contribution in [2.45, 2.75) is 19.4 Å². The van der Waals surface area contributed by atoms with Crippen LogP contribution in [0.15, 0.2) is 18.5 Å². The summed E-state index contributed by atoms with van der Waals surface area (Å²) in [6.45, 7) is 6.45. The molecular weight excluding hydrogens is 364 g/mol. The molecule has 0 atom stereocenters. The van der Waals surface area contributed by atoms with E-state index in [9.17, 15) is 5.11 Å². The van der Waals surface area contributed by atoms with E-state index in [2.05, 4.69) is 20.2 Å². The van der Waals surface area contributed by atoms with Crippen LogP contribution in [0.1, 0.15) is 18.7 Å². The van der Waals surface area contributed by atoms with Crippen molar-refractivity contribution < 1.29 is 9.84 Å². The zero-order valence-electron chi connectivity index (χ0n) is 15.6. The van der Waals surface area contributed by atoms with Gasteiger partial charge in [0.1, 0.15) is 10.6 Å². The number of rotatable bonds is 4. The molecule has 2 N–H and O–H groups in total. The maximum atomic E-state index is 10.4. The molecule has 3 aromatic heterocycles. The largest absolute Gasteiger partial charge is 0.385 e. The molecule has 1 saturated heterocycles. The summed E-state index contributed by atoms with van der Waals surface area (Å²) < 4.78 is 5.48. The Morgan fingerprint density at radius 1 is 1.19 bits per heavy atom. The number of morpholine rings is 1. The van der Waals surface area contributed by atoms with E-state index in [1.165, 1.54) is 11.3 Å². The number of hydrogen-bond acceptors (Lipinski definition) is 9. The van der Waals surface area contributed by atoms with E-state index >= 15 is 0 Å². The van der Waals surface area contributed by atoms with Crippen LogP contribution in [-0.2, 0) is 10.3 Å². The lowest BCUT2D eigenvalue weighted by atomic mass is 10.1. The number of anilines is 2. The molecule has 0 bridgehead atoms. The second-order valence-corrected chi connectivity index (χ2v) is 7.93. The van der Waals surface area contributed by atoms with E-state index in [4.69, 9.17) is 14.7 Å². The molecule has 1 fully saturated rings. The molecule has 0 unspecified atom stereocenters. The van der Waals surface area contributed by atoms with Crippen LogP contribution in [-0.4, -0.2) is 58.4 Å². The maximum absolute atomic E-state index is 10.4. The predicted octanol–water partition coefficient (Wildman–Crippen LogP) is 2.25. The second kappa shape index (κ2) is 6.99. The number of nitrogens with zero attached hydrogens (tertiary/aromatic N) is 5. The summed E-state index contributed by atoms with van der Waals surface area (Å²) in [6, 6.07) is 2.00. The van der Waals surface area contributed by atoms with Crippen molar-refractivity contribution in [1.29, 1.82) is 0 Å². The third-order valence-corrected chi connectivity index (χ3v) is 5.76. The van der Waals surface area contributed by atoms with Gasteiger partial charge in [-0.25, -0.2) is 19.9 Å². The summed E-state index contributed by atoms with van der Waals surface area (Å²) in [5.41, 5.74) is -0.172. The smallest absolute Gasteiger partial charge is 0.222 e. The third-order valence-electron chi connectivity index (χ3n) is 4.42. The molecule has 1 aliphatic rings. The molecule has 0 aliphatic carbocycles. The molecule has 3 aromatic rings. The van der Waals surface area contributed by atoms with Crippen LogP contribution in [0.3, 0.4) is 0 Å². The van der Waals surface area contributed by atoms with Gasteiger partial charge < -0.3 is 20.1 Å². The molecule has 0 aromatic carbocycles. The molecule has 4 heterocycles. The van der Waals surface area contributed by atoms with Gasteiger partial charge in [0.05, 0.1) is 29.8 Å². The molecule has 0 radical (unpaired) electrons. The highest BCUT2D eigenvalue weighted by atomic mass is 32.1. The molecule has 27 heavy (non-hydrogen) atoms. The van der Waals surface area contributed by atoms with Crippen molar-refractivity contribution in [2.75, 3.05) is 43.6 Å². The summed E-state index contributed by atoms with van der Waals surface area (Å²) in [4.78, 5) is 22.0. The lowest BCUT2D eigenvalue weighted by Gasteiger charge is -2.28. The molecule has 4 rings (SSSR count). The van der Waals surface area contributed by atoms with Crippen molar-refractivity contribution in [3.05, 3.63) is 23.3 Å². The lowest BCUT2D eigenvalue weighted by Crippen LogP contribution is -2.37. The first-order valence-corrected chi connectivity index (χ1v) is 9.64. The Morgan fingerprint density at radius 2 is 1.89 bits per heavy atom. The van der Waals surface area contributed by atoms with E-state index in [1.807, 2.05) is 6.07 Å². The molecule has 8 nitrogen and oxygen atoms in total. The molecule has 142 valence electrons. The quantitative estimate of drug-likeness (QED) is 0.705. The molecule has 0 saturated carbocycles. The highest BCUT2D eigenvalue weighted by Crippen LogP contribution is 2.37. The van der Waals surface area contributed by atoms with Crippen molar-refractivity contribution in [1.82, 2.24) is 19.9 Å². The van der Waals surface area contributed by atoms with Crippen molar-refractivity contribution in [3.8, 4) is 11.4 Å². The Morgan fingerprint density at radius 3 is 2.52 bits per heavy atom. The predicted molar refractivity (Wildman–Crippen MR) is 106 cm³/mol. The number of nitrogens with one attached hydrogen (secondary N) is 1. The van der Waals surface area contributed by atoms with Crippen LogP contribution < -0.4 is 10.2 Å². The van der Waals surface area contributed by atoms with Gasteiger partial charge in [-0.2, -0.15) is 0 Å². The first kappa shape index (κ1) is 18.0. The van der Waals surface area contributed by atoms with Gasteiger partial charge >= 0.3 is 0 Å². The maximum Gasteiger partial charge on any atom is 0.222 e. The van der Waals surface area contributed by atoms with Crippen molar-refractivity contribution in [3.63, 3.8) is 0 Å². The molecular formula is C18H22N6O2S. The topological polar surface area (TPSA) is 96.3 Å². The van der Waals surface area contributed by atoms with Gasteiger partial charge in [-0.05, 0) is 19.9 Å². The van der Waals surface area contributed by atoms with Gasteiger partial charge in [-0.1, -0.05) is 0 Å². The number of hydrogen-bond donors (Lipinski definition) is 2. The Hall–Kier alpha value is -2.36. The van der Waals surface area contributed by atoms with Gasteiger partial charge in [-0.15, -0.1) is 11.3 Å². The summed E-state index contributed by atoms with van der Waals surface area (Å²) in [5, 5.41) is 14.3. The highest BCUT2D eigenvalue weighted by Gasteiger charge is 2.24. The minimum atomic E-state index is -0.925. The number of fused-ring (bicyclic) bond motifs is 1. The molecule has 1 aliphatic heterocycles. The number of ether oxygens (including phenoxy) is 1. The minimum absolute atomic E-state index is 0.550. The van der Waals surface area contributed by atoms with Crippen LogP contribution in [0, 0.1) is 0 Å². The van der Waals surface area contributed by atoms with Gasteiger partial charge in [0, 0.05) is 37.4 Å². The molecule has 9 heteroatoms. The fourth-order valence-electron chi connectivity index (χ4n) is 2.93. The Kier molecular flexibility index (Phi) is 4.67. The number of thiophene rings is 1. The number of aliphatic hydroxyl groups is 1. The Balaban J connectivity index is 1.86. The fraction of sp³-hybridized carbons (Fsp3) is 0.444. The Labute approximate surface area is 161 Å². The summed E-state index contributed by atoms with van der Waals surface area (Å²) >= 11 is 1.49. The minimum Gasteiger partial charge on any atom is -0.385 e. The van der Waals surface area contributed by atoms with Crippen LogP contribution in [0.25, 0.3) is 21.6 Å².